The third-order valence-corrected chi connectivity index (χ3v) is 9.41. The number of rotatable bonds is 10. The van der Waals surface area contributed by atoms with E-state index < -0.39 is 35.4 Å². The molecule has 1 saturated carbocycles. The number of carbonyl (C=O) groups excluding carboxylic acids is 2. The fourth-order valence-electron chi connectivity index (χ4n) is 7.44. The SMILES string of the molecule is CCCC1=C([C@H](O)CC/C(=C/c2ccc(O)c(F)c2)c2ccccc2)[C@H](CO)[C@@H]2C(=O)N(C3CCCCC3)C(=O)[C@@H]2C1. The van der Waals surface area contributed by atoms with Gasteiger partial charge in [-0.1, -0.05) is 80.7 Å². The zero-order valence-electron chi connectivity index (χ0n) is 24.3. The molecule has 42 heavy (non-hydrogen) atoms. The fraction of sp³-hybridized carbons (Fsp3) is 0.486. The summed E-state index contributed by atoms with van der Waals surface area (Å²) in [7, 11) is 0. The Labute approximate surface area is 247 Å². The number of aliphatic hydroxyl groups is 2. The number of aliphatic hydroxyl groups excluding tert-OH is 2. The number of imide groups is 1. The van der Waals surface area contributed by atoms with Crippen LogP contribution in [0.25, 0.3) is 11.6 Å². The van der Waals surface area contributed by atoms with E-state index in [0.29, 0.717) is 31.2 Å². The predicted octanol–water partition coefficient (Wildman–Crippen LogP) is 6.26. The van der Waals surface area contributed by atoms with Crippen LogP contribution in [0.5, 0.6) is 5.75 Å². The maximum atomic E-state index is 14.1. The average Bonchev–Trinajstić information content (AvgIpc) is 3.26. The van der Waals surface area contributed by atoms with E-state index in [0.717, 1.165) is 60.8 Å². The minimum absolute atomic E-state index is 0.0602. The van der Waals surface area contributed by atoms with Crippen LogP contribution in [0, 0.1) is 23.6 Å². The Morgan fingerprint density at radius 2 is 1.81 bits per heavy atom. The largest absolute Gasteiger partial charge is 0.505 e. The predicted molar refractivity (Wildman–Crippen MR) is 160 cm³/mol. The molecule has 5 rings (SSSR count). The Morgan fingerprint density at radius 3 is 2.48 bits per heavy atom. The number of fused-ring (bicyclic) bond motifs is 1. The first kappa shape index (κ1) is 30.2. The summed E-state index contributed by atoms with van der Waals surface area (Å²) in [6.07, 6.45) is 8.55. The van der Waals surface area contributed by atoms with E-state index in [1.165, 1.54) is 17.0 Å². The summed E-state index contributed by atoms with van der Waals surface area (Å²) in [5.41, 5.74) is 4.12. The second-order valence-corrected chi connectivity index (χ2v) is 12.1. The van der Waals surface area contributed by atoms with Crippen molar-refractivity contribution >= 4 is 23.5 Å². The number of hydrogen-bond donors (Lipinski definition) is 3. The summed E-state index contributed by atoms with van der Waals surface area (Å²) in [5, 5.41) is 32.0. The highest BCUT2D eigenvalue weighted by Gasteiger charge is 2.56. The number of phenolic OH excluding ortho intramolecular Hbond substituents is 1. The summed E-state index contributed by atoms with van der Waals surface area (Å²) in [5.74, 6) is -3.11. The molecule has 6 nitrogen and oxygen atoms in total. The third kappa shape index (κ3) is 6.09. The lowest BCUT2D eigenvalue weighted by atomic mass is 9.67. The maximum absolute atomic E-state index is 14.1. The molecule has 3 N–H and O–H groups in total. The Hall–Kier alpha value is -3.29. The van der Waals surface area contributed by atoms with Crippen molar-refractivity contribution in [2.24, 2.45) is 17.8 Å². The average molecular weight is 576 g/mol. The Balaban J connectivity index is 1.42. The number of amides is 2. The highest BCUT2D eigenvalue weighted by Crippen LogP contribution is 2.48. The van der Waals surface area contributed by atoms with E-state index in [1.54, 1.807) is 6.07 Å². The molecule has 2 aromatic carbocycles. The summed E-state index contributed by atoms with van der Waals surface area (Å²) in [4.78, 5) is 28.9. The van der Waals surface area contributed by atoms with E-state index in [2.05, 4.69) is 6.92 Å². The molecule has 7 heteroatoms. The molecular weight excluding hydrogens is 533 g/mol. The lowest BCUT2D eigenvalue weighted by molar-refractivity contribution is -0.143. The number of aromatic hydroxyl groups is 1. The molecule has 2 amide bonds. The van der Waals surface area contributed by atoms with Gasteiger partial charge in [-0.25, -0.2) is 4.39 Å². The lowest BCUT2D eigenvalue weighted by Gasteiger charge is -2.36. The first-order chi connectivity index (χ1) is 20.3. The van der Waals surface area contributed by atoms with Gasteiger partial charge in [0, 0.05) is 12.0 Å². The van der Waals surface area contributed by atoms with E-state index in [9.17, 15) is 29.3 Å². The number of likely N-dealkylation sites (tertiary alicyclic amines) is 1. The first-order valence-corrected chi connectivity index (χ1v) is 15.5. The Kier molecular flexibility index (Phi) is 9.59. The number of carbonyl (C=O) groups is 2. The molecule has 2 aliphatic carbocycles. The third-order valence-electron chi connectivity index (χ3n) is 9.41. The summed E-state index contributed by atoms with van der Waals surface area (Å²) >= 11 is 0. The monoisotopic (exact) mass is 575 g/mol. The molecule has 0 spiro atoms. The number of benzene rings is 2. The molecule has 224 valence electrons. The van der Waals surface area contributed by atoms with Crippen molar-refractivity contribution in [3.05, 3.63) is 76.6 Å². The maximum Gasteiger partial charge on any atom is 0.234 e. The Bertz CT molecular complexity index is 1350. The van der Waals surface area contributed by atoms with Crippen LogP contribution in [0.2, 0.25) is 0 Å². The van der Waals surface area contributed by atoms with Crippen LogP contribution in [0.15, 0.2) is 59.7 Å². The quantitative estimate of drug-likeness (QED) is 0.177. The van der Waals surface area contributed by atoms with Gasteiger partial charge in [-0.2, -0.15) is 0 Å². The molecule has 1 aliphatic heterocycles. The number of allylic oxidation sites excluding steroid dienone is 2. The highest BCUT2D eigenvalue weighted by molar-refractivity contribution is 6.06. The molecular formula is C35H42FNO5. The fourth-order valence-corrected chi connectivity index (χ4v) is 7.44. The van der Waals surface area contributed by atoms with Gasteiger partial charge in [-0.05, 0) is 72.9 Å². The molecule has 4 atom stereocenters. The van der Waals surface area contributed by atoms with Gasteiger partial charge in [0.15, 0.2) is 11.6 Å². The zero-order chi connectivity index (χ0) is 29.8. The van der Waals surface area contributed by atoms with Gasteiger partial charge in [0.2, 0.25) is 11.8 Å². The Morgan fingerprint density at radius 1 is 1.07 bits per heavy atom. The number of halogens is 1. The van der Waals surface area contributed by atoms with E-state index in [1.807, 2.05) is 36.4 Å². The number of hydrogen-bond acceptors (Lipinski definition) is 5. The van der Waals surface area contributed by atoms with Gasteiger partial charge in [0.05, 0.1) is 24.5 Å². The zero-order valence-corrected chi connectivity index (χ0v) is 24.3. The molecule has 0 bridgehead atoms. The van der Waals surface area contributed by atoms with Crippen LogP contribution in [0.4, 0.5) is 4.39 Å². The standard InChI is InChI=1S/C35H42FNO5/c1-2-9-25-20-27-33(35(42)37(34(27)41)26-12-7-4-8-13-26)28(21-38)32(25)31(40)17-15-24(23-10-5-3-6-11-23)18-22-14-16-30(39)29(36)19-22/h3,5-6,10-11,14,16,18-19,26-28,31,33,38-40H,2,4,7-9,12-13,15,17,20-21H2,1H3/b24-18-/t27-,28+,31-,33-/m1/s1. The van der Waals surface area contributed by atoms with Gasteiger partial charge in [0.25, 0.3) is 0 Å². The molecule has 0 aromatic heterocycles. The molecule has 3 aliphatic rings. The first-order valence-electron chi connectivity index (χ1n) is 15.5. The second-order valence-electron chi connectivity index (χ2n) is 12.1. The van der Waals surface area contributed by atoms with E-state index >= 15 is 0 Å². The van der Waals surface area contributed by atoms with Gasteiger partial charge in [0.1, 0.15) is 0 Å². The van der Waals surface area contributed by atoms with Crippen LogP contribution >= 0.6 is 0 Å². The molecule has 1 heterocycles. The highest BCUT2D eigenvalue weighted by atomic mass is 19.1. The summed E-state index contributed by atoms with van der Waals surface area (Å²) in [6, 6.07) is 13.9. The summed E-state index contributed by atoms with van der Waals surface area (Å²) in [6.45, 7) is 1.76. The van der Waals surface area contributed by atoms with Crippen LogP contribution in [-0.2, 0) is 9.59 Å². The second kappa shape index (κ2) is 13.3. The molecule has 0 unspecified atom stereocenters. The lowest BCUT2D eigenvalue weighted by Crippen LogP contribution is -2.42. The van der Waals surface area contributed by atoms with Crippen LogP contribution in [0.1, 0.15) is 82.3 Å². The minimum atomic E-state index is -0.903. The smallest absolute Gasteiger partial charge is 0.234 e. The van der Waals surface area contributed by atoms with Crippen molar-refractivity contribution in [1.82, 2.24) is 4.90 Å². The molecule has 2 fully saturated rings. The van der Waals surface area contributed by atoms with Crippen molar-refractivity contribution < 1.29 is 29.3 Å². The topological polar surface area (TPSA) is 98.1 Å². The normalized spacial score (nSPS) is 24.3. The van der Waals surface area contributed by atoms with Gasteiger partial charge < -0.3 is 15.3 Å². The van der Waals surface area contributed by atoms with Gasteiger partial charge in [-0.15, -0.1) is 0 Å². The van der Waals surface area contributed by atoms with E-state index in [4.69, 9.17) is 0 Å². The van der Waals surface area contributed by atoms with Gasteiger partial charge >= 0.3 is 0 Å². The van der Waals surface area contributed by atoms with Crippen molar-refractivity contribution in [2.45, 2.75) is 83.3 Å². The molecule has 0 radical (unpaired) electrons. The number of phenols is 1. The van der Waals surface area contributed by atoms with Crippen molar-refractivity contribution in [3.63, 3.8) is 0 Å². The van der Waals surface area contributed by atoms with Crippen LogP contribution in [-0.4, -0.2) is 50.8 Å². The van der Waals surface area contributed by atoms with Crippen molar-refractivity contribution in [2.75, 3.05) is 6.61 Å². The number of nitrogens with zero attached hydrogens (tertiary/aromatic N) is 1. The molecule has 2 aromatic rings. The van der Waals surface area contributed by atoms with Crippen LogP contribution in [0.3, 0.4) is 0 Å². The van der Waals surface area contributed by atoms with Crippen molar-refractivity contribution in [3.8, 4) is 5.75 Å². The minimum Gasteiger partial charge on any atom is -0.505 e. The van der Waals surface area contributed by atoms with Crippen molar-refractivity contribution in [1.29, 1.82) is 0 Å². The van der Waals surface area contributed by atoms with E-state index in [-0.39, 0.29) is 24.5 Å². The molecule has 1 saturated heterocycles. The summed E-state index contributed by atoms with van der Waals surface area (Å²) < 4.78 is 14.1. The van der Waals surface area contributed by atoms with Gasteiger partial charge in [-0.3, -0.25) is 14.5 Å². The van der Waals surface area contributed by atoms with Crippen LogP contribution < -0.4 is 0 Å².